The zero-order valence-corrected chi connectivity index (χ0v) is 11.9. The van der Waals surface area contributed by atoms with Gasteiger partial charge in [-0.25, -0.2) is 0 Å². The summed E-state index contributed by atoms with van der Waals surface area (Å²) in [5, 5.41) is 9.45. The Morgan fingerprint density at radius 1 is 1.00 bits per heavy atom. The Balaban J connectivity index is 3.19. The number of esters is 3. The second-order valence-electron chi connectivity index (χ2n) is 4.32. The van der Waals surface area contributed by atoms with Crippen LogP contribution >= 0.6 is 0 Å². The van der Waals surface area contributed by atoms with Gasteiger partial charge in [0.1, 0.15) is 6.10 Å². The largest absolute Gasteiger partial charge is 0.456 e. The van der Waals surface area contributed by atoms with Crippen LogP contribution in [0.3, 0.4) is 0 Å². The Labute approximate surface area is 131 Å². The molecule has 1 fully saturated rings. The Bertz CT molecular complexity index is 444. The summed E-state index contributed by atoms with van der Waals surface area (Å²) in [7, 11) is 1.21. The number of aliphatic hydroxyl groups excluding tert-OH is 1. The summed E-state index contributed by atoms with van der Waals surface area (Å²) in [5.74, 6) is -2.96. The Kier molecular flexibility index (Phi) is 5.10. The van der Waals surface area contributed by atoms with Crippen LogP contribution in [0.25, 0.3) is 0 Å². The minimum Gasteiger partial charge on any atom is -0.456 e. The van der Waals surface area contributed by atoms with E-state index in [1.807, 2.05) is 0 Å². The van der Waals surface area contributed by atoms with Crippen molar-refractivity contribution < 1.29 is 47.3 Å². The molecule has 0 aromatic carbocycles. The van der Waals surface area contributed by atoms with Crippen LogP contribution in [0.1, 0.15) is 24.8 Å². The van der Waals surface area contributed by atoms with Crippen molar-refractivity contribution in [2.75, 3.05) is 13.7 Å². The average molecular weight is 323 g/mol. The van der Waals surface area contributed by atoms with E-state index in [0.717, 1.165) is 0 Å². The lowest BCUT2D eigenvalue weighted by molar-refractivity contribution is -0.302. The van der Waals surface area contributed by atoms with Crippen LogP contribution in [0.2, 0.25) is 0 Å². The Morgan fingerprint density at radius 2 is 1.50 bits per heavy atom. The molecule has 5 atom stereocenters. The number of carbonyl (C=O) groups is 3. The van der Waals surface area contributed by atoms with Crippen LogP contribution in [0.5, 0.6) is 0 Å². The Hall–Kier alpha value is -1.71. The molecule has 1 heterocycles. The van der Waals surface area contributed by atoms with Crippen LogP contribution in [0.15, 0.2) is 0 Å². The van der Waals surface area contributed by atoms with Gasteiger partial charge in [0.15, 0.2) is 24.6 Å². The van der Waals surface area contributed by atoms with Gasteiger partial charge in [0.25, 0.3) is 0 Å². The minimum absolute atomic E-state index is 0.649. The lowest BCUT2D eigenvalue weighted by Gasteiger charge is -2.43. The zero-order valence-electron chi connectivity index (χ0n) is 14.9. The highest BCUT2D eigenvalue weighted by Gasteiger charge is 2.51. The number of carbonyl (C=O) groups excluding carboxylic acids is 3. The summed E-state index contributed by atoms with van der Waals surface area (Å²) in [5.41, 5.74) is 0. The van der Waals surface area contributed by atoms with Crippen molar-refractivity contribution >= 4 is 17.9 Å². The summed E-state index contributed by atoms with van der Waals surface area (Å²) in [6.07, 6.45) is -6.70. The zero-order chi connectivity index (χ0) is 19.0. The fourth-order valence-electron chi connectivity index (χ4n) is 2.07. The number of hydrogen-bond donors (Lipinski definition) is 1. The van der Waals surface area contributed by atoms with Crippen molar-refractivity contribution in [2.24, 2.45) is 0 Å². The van der Waals surface area contributed by atoms with Crippen LogP contribution in [-0.4, -0.2) is 67.4 Å². The monoisotopic (exact) mass is 323 g/mol. The molecular weight excluding hydrogens is 300 g/mol. The fourth-order valence-corrected chi connectivity index (χ4v) is 2.07. The molecule has 126 valence electrons. The maximum absolute atomic E-state index is 11.6. The van der Waals surface area contributed by atoms with Gasteiger partial charge < -0.3 is 28.8 Å². The smallest absolute Gasteiger partial charge is 0.303 e. The molecule has 0 saturated carbocycles. The van der Waals surface area contributed by atoms with E-state index >= 15 is 0 Å². The second kappa shape index (κ2) is 8.06. The molecule has 9 heteroatoms. The lowest BCUT2D eigenvalue weighted by atomic mass is 9.98. The van der Waals surface area contributed by atoms with Crippen molar-refractivity contribution in [3.63, 3.8) is 0 Å². The third-order valence-corrected chi connectivity index (χ3v) is 2.81. The predicted molar refractivity (Wildman–Crippen MR) is 69.4 cm³/mol. The van der Waals surface area contributed by atoms with Gasteiger partial charge >= 0.3 is 17.9 Å². The molecule has 0 radical (unpaired) electrons. The second-order valence-corrected chi connectivity index (χ2v) is 4.32. The van der Waals surface area contributed by atoms with E-state index < -0.39 is 75.9 Å². The van der Waals surface area contributed by atoms with Crippen molar-refractivity contribution in [1.82, 2.24) is 0 Å². The van der Waals surface area contributed by atoms with Gasteiger partial charge in [0, 0.05) is 31.9 Å². The van der Waals surface area contributed by atoms with Crippen LogP contribution in [-0.2, 0) is 38.1 Å². The van der Waals surface area contributed by atoms with Crippen LogP contribution in [0, 0.1) is 0 Å². The van der Waals surface area contributed by atoms with Crippen LogP contribution < -0.4 is 0 Å². The predicted octanol–water partition coefficient (Wildman–Crippen LogP) is -0.855. The molecular formula is C13H20O9. The highest BCUT2D eigenvalue weighted by Crippen LogP contribution is 2.28. The molecule has 22 heavy (non-hydrogen) atoms. The molecule has 0 amide bonds. The molecule has 0 bridgehead atoms. The topological polar surface area (TPSA) is 118 Å². The van der Waals surface area contributed by atoms with Gasteiger partial charge in [-0.05, 0) is 0 Å². The highest BCUT2D eigenvalue weighted by atomic mass is 16.7. The number of aliphatic hydroxyl groups is 1. The molecule has 1 unspecified atom stereocenters. The summed E-state index contributed by atoms with van der Waals surface area (Å²) < 4.78 is 46.5. The van der Waals surface area contributed by atoms with Crippen LogP contribution in [0.4, 0.5) is 0 Å². The van der Waals surface area contributed by atoms with Gasteiger partial charge in [-0.1, -0.05) is 0 Å². The minimum atomic E-state index is -1.44. The highest BCUT2D eigenvalue weighted by molar-refractivity contribution is 5.68. The van der Waals surface area contributed by atoms with Crippen molar-refractivity contribution in [2.45, 2.75) is 51.4 Å². The molecule has 0 aromatic rings. The summed E-state index contributed by atoms with van der Waals surface area (Å²) in [6, 6.07) is 0. The van der Waals surface area contributed by atoms with Crippen molar-refractivity contribution in [1.29, 1.82) is 0 Å². The van der Waals surface area contributed by atoms with Gasteiger partial charge in [0.05, 0.1) is 6.61 Å². The van der Waals surface area contributed by atoms with Crippen molar-refractivity contribution in [3.8, 4) is 0 Å². The van der Waals surface area contributed by atoms with E-state index in [1.54, 1.807) is 0 Å². The van der Waals surface area contributed by atoms with E-state index in [4.69, 9.17) is 27.8 Å². The summed E-state index contributed by atoms with van der Waals surface area (Å²) in [4.78, 5) is 34.5. The standard InChI is InChI=1S/C13H20O9/c1-6(15)19-10-9(5-14)22-13(18-4)12(21-8(3)17)11(10)20-7(2)16/h9-14H,5H2,1-4H3/t9-,10-,11+,12+,13?/m1/s1/i1D,2D,3D. The lowest BCUT2D eigenvalue weighted by Crippen LogP contribution is -2.62. The fraction of sp³-hybridized carbons (Fsp3) is 0.769. The summed E-state index contributed by atoms with van der Waals surface area (Å²) in [6.45, 7) is -2.87. The van der Waals surface area contributed by atoms with Crippen molar-refractivity contribution in [3.05, 3.63) is 0 Å². The quantitative estimate of drug-likeness (QED) is 0.509. The normalized spacial score (nSPS) is 33.0. The third-order valence-electron chi connectivity index (χ3n) is 2.81. The molecule has 0 aromatic heterocycles. The molecule has 0 spiro atoms. The molecule has 1 N–H and O–H groups in total. The average Bonchev–Trinajstić information content (AvgIpc) is 2.63. The third kappa shape index (κ3) is 4.65. The number of ether oxygens (including phenoxy) is 5. The van der Waals surface area contributed by atoms with E-state index in [2.05, 4.69) is 0 Å². The molecule has 9 nitrogen and oxygen atoms in total. The first-order valence-corrected chi connectivity index (χ1v) is 6.17. The first kappa shape index (κ1) is 13.9. The first-order valence-electron chi connectivity index (χ1n) is 8.29. The number of hydrogen-bond acceptors (Lipinski definition) is 9. The Morgan fingerprint density at radius 3 is 1.95 bits per heavy atom. The molecule has 1 saturated heterocycles. The molecule has 0 aliphatic carbocycles. The summed E-state index contributed by atoms with van der Waals surface area (Å²) >= 11 is 0. The first-order chi connectivity index (χ1) is 11.9. The number of methoxy groups -OCH3 is 1. The molecule has 1 aliphatic heterocycles. The van der Waals surface area contributed by atoms with E-state index in [9.17, 15) is 19.5 Å². The van der Waals surface area contributed by atoms with E-state index in [0.29, 0.717) is 0 Å². The number of rotatable bonds is 5. The van der Waals surface area contributed by atoms with Gasteiger partial charge in [0.2, 0.25) is 0 Å². The van der Waals surface area contributed by atoms with E-state index in [1.165, 1.54) is 7.11 Å². The SMILES string of the molecule is [2H]CC(=O)O[C@H]1[C@H](OC(=O)C[2H])[C@@H](CO)OC(OC)[C@H]1OC(=O)C[2H]. The maximum Gasteiger partial charge on any atom is 0.303 e. The maximum atomic E-state index is 11.6. The molecule has 1 rings (SSSR count). The van der Waals surface area contributed by atoms with Gasteiger partial charge in [-0.15, -0.1) is 0 Å². The van der Waals surface area contributed by atoms with Gasteiger partial charge in [-0.2, -0.15) is 0 Å². The van der Waals surface area contributed by atoms with Gasteiger partial charge in [-0.3, -0.25) is 14.4 Å². The van der Waals surface area contributed by atoms with E-state index in [-0.39, 0.29) is 0 Å². The molecule has 1 aliphatic rings.